The van der Waals surface area contributed by atoms with Crippen molar-refractivity contribution >= 4 is 38.0 Å². The molecule has 5 aromatic carbocycles. The van der Waals surface area contributed by atoms with Crippen LogP contribution in [-0.2, 0) is 0 Å². The second-order valence-corrected chi connectivity index (χ2v) is 7.64. The number of hydrogen-bond donors (Lipinski definition) is 0. The van der Waals surface area contributed by atoms with Crippen LogP contribution in [0.25, 0.3) is 54.6 Å². The molecule has 0 atom stereocenters. The minimum absolute atomic E-state index is 1.30. The summed E-state index contributed by atoms with van der Waals surface area (Å²) in [5.74, 6) is 0. The van der Waals surface area contributed by atoms with Gasteiger partial charge in [0.05, 0.1) is 5.69 Å². The monoisotopic (exact) mass is 345 g/mol. The summed E-state index contributed by atoms with van der Waals surface area (Å²) in [6.45, 7) is 0. The molecule has 0 heterocycles. The van der Waals surface area contributed by atoms with Crippen molar-refractivity contribution in [2.45, 2.75) is 0 Å². The van der Waals surface area contributed by atoms with Gasteiger partial charge in [0.15, 0.2) is 0 Å². The molecular weight excluding hydrogens is 326 g/mol. The quantitative estimate of drug-likeness (QED) is 0.294. The summed E-state index contributed by atoms with van der Waals surface area (Å²) in [5.41, 5.74) is 6.78. The van der Waals surface area contributed by atoms with Crippen molar-refractivity contribution in [2.75, 3.05) is 19.0 Å². The Morgan fingerprint density at radius 1 is 0.556 bits per heavy atom. The molecule has 1 nitrogen and oxygen atoms in total. The third-order valence-electron chi connectivity index (χ3n) is 5.91. The number of fused-ring (bicyclic) bond motifs is 6. The zero-order valence-corrected chi connectivity index (χ0v) is 15.5. The molecule has 0 N–H and O–H groups in total. The largest absolute Gasteiger partial charge is 0.377 e. The van der Waals surface area contributed by atoms with Gasteiger partial charge in [-0.3, -0.25) is 0 Å². The first-order chi connectivity index (χ1) is 13.2. The fourth-order valence-corrected chi connectivity index (χ4v) is 4.86. The van der Waals surface area contributed by atoms with Gasteiger partial charge in [0.25, 0.3) is 0 Å². The van der Waals surface area contributed by atoms with Crippen LogP contribution in [0.2, 0.25) is 0 Å². The average Bonchev–Trinajstić information content (AvgIpc) is 3.01. The Labute approximate surface area is 158 Å². The molecule has 1 aliphatic carbocycles. The van der Waals surface area contributed by atoms with E-state index in [4.69, 9.17) is 0 Å². The second kappa shape index (κ2) is 5.11. The van der Waals surface area contributed by atoms with Crippen LogP contribution in [0.1, 0.15) is 0 Å². The lowest BCUT2D eigenvalue weighted by Crippen LogP contribution is -2.10. The predicted molar refractivity (Wildman–Crippen MR) is 118 cm³/mol. The van der Waals surface area contributed by atoms with Crippen LogP contribution in [0, 0.1) is 0 Å². The summed E-state index contributed by atoms with van der Waals surface area (Å²) < 4.78 is 0. The average molecular weight is 345 g/mol. The summed E-state index contributed by atoms with van der Waals surface area (Å²) in [7, 11) is 4.29. The molecule has 6 rings (SSSR count). The minimum Gasteiger partial charge on any atom is -0.377 e. The van der Waals surface area contributed by atoms with E-state index in [0.717, 1.165) is 0 Å². The van der Waals surface area contributed by atoms with Crippen LogP contribution < -0.4 is 4.90 Å². The lowest BCUT2D eigenvalue weighted by atomic mass is 9.93. The third kappa shape index (κ3) is 1.84. The van der Waals surface area contributed by atoms with E-state index in [1.165, 1.54) is 60.3 Å². The Kier molecular flexibility index (Phi) is 2.80. The van der Waals surface area contributed by atoms with Crippen molar-refractivity contribution in [1.82, 2.24) is 0 Å². The highest BCUT2D eigenvalue weighted by Gasteiger charge is 2.26. The summed E-state index contributed by atoms with van der Waals surface area (Å²) in [6, 6.07) is 29.0. The number of anilines is 1. The number of rotatable bonds is 1. The Hall–Kier alpha value is -3.32. The predicted octanol–water partition coefficient (Wildman–Crippen LogP) is 6.86. The summed E-state index contributed by atoms with van der Waals surface area (Å²) in [4.78, 5) is 2.25. The number of hydrogen-bond acceptors (Lipinski definition) is 1. The molecule has 5 aromatic rings. The van der Waals surface area contributed by atoms with Gasteiger partial charge in [-0.1, -0.05) is 66.7 Å². The molecule has 0 bridgehead atoms. The lowest BCUT2D eigenvalue weighted by molar-refractivity contribution is 1.15. The van der Waals surface area contributed by atoms with Gasteiger partial charge >= 0.3 is 0 Å². The van der Waals surface area contributed by atoms with Crippen LogP contribution in [0.3, 0.4) is 0 Å². The van der Waals surface area contributed by atoms with Crippen LogP contribution >= 0.6 is 0 Å². The molecule has 27 heavy (non-hydrogen) atoms. The third-order valence-corrected chi connectivity index (χ3v) is 5.91. The summed E-state index contributed by atoms with van der Waals surface area (Å²) in [5, 5.41) is 8.01. The molecule has 0 fully saturated rings. The molecule has 1 heteroatoms. The highest BCUT2D eigenvalue weighted by Crippen LogP contribution is 2.54. The van der Waals surface area contributed by atoms with Crippen LogP contribution in [-0.4, -0.2) is 14.1 Å². The van der Waals surface area contributed by atoms with Crippen LogP contribution in [0.4, 0.5) is 5.69 Å². The van der Waals surface area contributed by atoms with Gasteiger partial charge in [-0.05, 0) is 50.5 Å². The maximum atomic E-state index is 2.38. The van der Waals surface area contributed by atoms with Crippen molar-refractivity contribution in [2.24, 2.45) is 0 Å². The fourth-order valence-electron chi connectivity index (χ4n) is 4.86. The molecule has 0 spiro atoms. The van der Waals surface area contributed by atoms with Crippen molar-refractivity contribution in [3.05, 3.63) is 78.9 Å². The van der Waals surface area contributed by atoms with Crippen molar-refractivity contribution < 1.29 is 0 Å². The van der Waals surface area contributed by atoms with E-state index in [1.54, 1.807) is 0 Å². The van der Waals surface area contributed by atoms with Gasteiger partial charge in [0.1, 0.15) is 0 Å². The van der Waals surface area contributed by atoms with Crippen molar-refractivity contribution in [3.63, 3.8) is 0 Å². The minimum atomic E-state index is 1.30. The standard InChI is InChI=1S/C26H19N/c1-27(2)26-20-11-6-5-10-18(20)25-23-15-17-9-4-3-8-16(17)14-22(23)19-12-7-13-21(26)24(19)25/h3-15H,1-2H3. The maximum Gasteiger partial charge on any atom is 0.0521 e. The van der Waals surface area contributed by atoms with Gasteiger partial charge in [-0.25, -0.2) is 0 Å². The Morgan fingerprint density at radius 2 is 1.19 bits per heavy atom. The highest BCUT2D eigenvalue weighted by atomic mass is 15.1. The van der Waals surface area contributed by atoms with E-state index in [0.29, 0.717) is 0 Å². The van der Waals surface area contributed by atoms with E-state index >= 15 is 0 Å². The summed E-state index contributed by atoms with van der Waals surface area (Å²) in [6.07, 6.45) is 0. The second-order valence-electron chi connectivity index (χ2n) is 7.64. The van der Waals surface area contributed by atoms with Gasteiger partial charge in [0.2, 0.25) is 0 Å². The summed E-state index contributed by atoms with van der Waals surface area (Å²) >= 11 is 0. The van der Waals surface area contributed by atoms with E-state index in [-0.39, 0.29) is 0 Å². The van der Waals surface area contributed by atoms with Gasteiger partial charge < -0.3 is 4.90 Å². The topological polar surface area (TPSA) is 3.24 Å². The van der Waals surface area contributed by atoms with E-state index in [1.807, 2.05) is 0 Å². The Bertz CT molecular complexity index is 1390. The first-order valence-corrected chi connectivity index (χ1v) is 9.42. The smallest absolute Gasteiger partial charge is 0.0521 e. The number of benzene rings is 5. The first-order valence-electron chi connectivity index (χ1n) is 9.42. The highest BCUT2D eigenvalue weighted by molar-refractivity contribution is 6.29. The molecule has 0 saturated carbocycles. The Balaban J connectivity index is 1.90. The van der Waals surface area contributed by atoms with Gasteiger partial charge in [0, 0.05) is 30.3 Å². The molecule has 0 aromatic heterocycles. The molecule has 0 amide bonds. The first kappa shape index (κ1) is 14.8. The van der Waals surface area contributed by atoms with Gasteiger partial charge in [-0.15, -0.1) is 0 Å². The molecule has 0 saturated heterocycles. The van der Waals surface area contributed by atoms with Crippen molar-refractivity contribution in [1.29, 1.82) is 0 Å². The van der Waals surface area contributed by atoms with Gasteiger partial charge in [-0.2, -0.15) is 0 Å². The zero-order valence-electron chi connectivity index (χ0n) is 15.5. The SMILES string of the molecule is CN(C)c1c2ccccc2c2c3c(cccc13)-c1cc3ccccc3cc1-2. The Morgan fingerprint density at radius 3 is 1.93 bits per heavy atom. The van der Waals surface area contributed by atoms with Crippen LogP contribution in [0.5, 0.6) is 0 Å². The van der Waals surface area contributed by atoms with Crippen LogP contribution in [0.15, 0.2) is 78.9 Å². The lowest BCUT2D eigenvalue weighted by Gasteiger charge is -2.20. The zero-order chi connectivity index (χ0) is 18.1. The van der Waals surface area contributed by atoms with E-state index in [2.05, 4.69) is 97.9 Å². The van der Waals surface area contributed by atoms with Crippen molar-refractivity contribution in [3.8, 4) is 22.3 Å². The molecular formula is C26H19N. The maximum absolute atomic E-state index is 2.38. The molecule has 0 unspecified atom stereocenters. The number of nitrogens with zero attached hydrogens (tertiary/aromatic N) is 1. The molecule has 1 aliphatic rings. The molecule has 128 valence electrons. The normalized spacial score (nSPS) is 12.1. The molecule has 0 aliphatic heterocycles. The fraction of sp³-hybridized carbons (Fsp3) is 0.0769. The molecule has 0 radical (unpaired) electrons. The van der Waals surface area contributed by atoms with E-state index < -0.39 is 0 Å². The van der Waals surface area contributed by atoms with E-state index in [9.17, 15) is 0 Å².